The van der Waals surface area contributed by atoms with Crippen LogP contribution >= 0.6 is 11.6 Å². The van der Waals surface area contributed by atoms with Crippen LogP contribution in [0.5, 0.6) is 0 Å². The SMILES string of the molecule is CC(C)COCCNCC(O)COCc1ccc(Cl)cc1. The highest BCUT2D eigenvalue weighted by molar-refractivity contribution is 6.30. The zero-order valence-electron chi connectivity index (χ0n) is 12.8. The van der Waals surface area contributed by atoms with Gasteiger partial charge in [-0.25, -0.2) is 0 Å². The molecule has 0 aliphatic heterocycles. The van der Waals surface area contributed by atoms with Gasteiger partial charge >= 0.3 is 0 Å². The maximum atomic E-state index is 9.77. The van der Waals surface area contributed by atoms with E-state index in [1.54, 1.807) is 0 Å². The molecule has 0 spiro atoms. The number of ether oxygens (including phenoxy) is 2. The van der Waals surface area contributed by atoms with Crippen molar-refractivity contribution in [2.24, 2.45) is 5.92 Å². The molecule has 1 aromatic rings. The molecule has 1 rings (SSSR count). The topological polar surface area (TPSA) is 50.7 Å². The molecule has 0 aliphatic carbocycles. The molecule has 4 nitrogen and oxygen atoms in total. The lowest BCUT2D eigenvalue weighted by Crippen LogP contribution is -2.32. The number of aliphatic hydroxyl groups is 1. The van der Waals surface area contributed by atoms with E-state index < -0.39 is 6.10 Å². The summed E-state index contributed by atoms with van der Waals surface area (Å²) in [6.07, 6.45) is -0.512. The summed E-state index contributed by atoms with van der Waals surface area (Å²) in [6, 6.07) is 7.49. The highest BCUT2D eigenvalue weighted by atomic mass is 35.5. The average molecular weight is 316 g/mol. The predicted molar refractivity (Wildman–Crippen MR) is 85.6 cm³/mol. The maximum absolute atomic E-state index is 9.77. The fraction of sp³-hybridized carbons (Fsp3) is 0.625. The Balaban J connectivity index is 1.98. The minimum atomic E-state index is -0.512. The first-order valence-corrected chi connectivity index (χ1v) is 7.74. The Labute approximate surface area is 132 Å². The molecule has 21 heavy (non-hydrogen) atoms. The van der Waals surface area contributed by atoms with Gasteiger partial charge in [-0.05, 0) is 23.6 Å². The second-order valence-electron chi connectivity index (χ2n) is 5.47. The van der Waals surface area contributed by atoms with Gasteiger partial charge in [0.05, 0.1) is 25.9 Å². The van der Waals surface area contributed by atoms with E-state index in [0.717, 1.165) is 18.7 Å². The number of nitrogens with one attached hydrogen (secondary N) is 1. The number of halogens is 1. The lowest BCUT2D eigenvalue weighted by molar-refractivity contribution is 0.0275. The molecule has 0 radical (unpaired) electrons. The molecule has 120 valence electrons. The molecule has 0 bridgehead atoms. The fourth-order valence-corrected chi connectivity index (χ4v) is 1.81. The maximum Gasteiger partial charge on any atom is 0.0897 e. The third-order valence-corrected chi connectivity index (χ3v) is 3.00. The zero-order valence-corrected chi connectivity index (χ0v) is 13.6. The third-order valence-electron chi connectivity index (χ3n) is 2.75. The van der Waals surface area contributed by atoms with Crippen molar-refractivity contribution in [1.29, 1.82) is 0 Å². The van der Waals surface area contributed by atoms with Crippen LogP contribution in [-0.2, 0) is 16.1 Å². The summed E-state index contributed by atoms with van der Waals surface area (Å²) >= 11 is 5.81. The van der Waals surface area contributed by atoms with Crippen LogP contribution < -0.4 is 5.32 Å². The van der Waals surface area contributed by atoms with Crippen LogP contribution in [0.2, 0.25) is 5.02 Å². The van der Waals surface area contributed by atoms with Crippen molar-refractivity contribution in [3.63, 3.8) is 0 Å². The van der Waals surface area contributed by atoms with Crippen LogP contribution in [-0.4, -0.2) is 44.1 Å². The molecule has 0 heterocycles. The first-order valence-electron chi connectivity index (χ1n) is 7.36. The number of rotatable bonds is 11. The smallest absolute Gasteiger partial charge is 0.0897 e. The van der Waals surface area contributed by atoms with E-state index in [4.69, 9.17) is 21.1 Å². The van der Waals surface area contributed by atoms with E-state index in [2.05, 4.69) is 19.2 Å². The molecule has 5 heteroatoms. The van der Waals surface area contributed by atoms with Gasteiger partial charge in [0.1, 0.15) is 0 Å². The molecule has 0 aliphatic rings. The molecule has 2 N–H and O–H groups in total. The highest BCUT2D eigenvalue weighted by Crippen LogP contribution is 2.10. The van der Waals surface area contributed by atoms with Gasteiger partial charge in [-0.3, -0.25) is 0 Å². The molecular formula is C16H26ClNO3. The van der Waals surface area contributed by atoms with E-state index in [1.807, 2.05) is 24.3 Å². The van der Waals surface area contributed by atoms with Crippen molar-refractivity contribution < 1.29 is 14.6 Å². The van der Waals surface area contributed by atoms with Crippen molar-refractivity contribution in [3.05, 3.63) is 34.9 Å². The summed E-state index contributed by atoms with van der Waals surface area (Å²) in [4.78, 5) is 0. The van der Waals surface area contributed by atoms with Crippen LogP contribution in [0.15, 0.2) is 24.3 Å². The number of hydrogen-bond donors (Lipinski definition) is 2. The summed E-state index contributed by atoms with van der Waals surface area (Å²) in [7, 11) is 0. The second-order valence-corrected chi connectivity index (χ2v) is 5.90. The molecule has 1 atom stereocenters. The van der Waals surface area contributed by atoms with Crippen LogP contribution in [0.1, 0.15) is 19.4 Å². The van der Waals surface area contributed by atoms with Crippen molar-refractivity contribution in [1.82, 2.24) is 5.32 Å². The zero-order chi connectivity index (χ0) is 15.5. The van der Waals surface area contributed by atoms with Gasteiger partial charge in [-0.15, -0.1) is 0 Å². The first kappa shape index (κ1) is 18.4. The molecule has 0 aromatic heterocycles. The van der Waals surface area contributed by atoms with E-state index in [0.29, 0.717) is 37.3 Å². The van der Waals surface area contributed by atoms with Crippen LogP contribution in [0.4, 0.5) is 0 Å². The molecule has 1 aromatic carbocycles. The van der Waals surface area contributed by atoms with Gasteiger partial charge in [-0.2, -0.15) is 0 Å². The third kappa shape index (κ3) is 9.82. The Kier molecular flexibility index (Phi) is 9.63. The lowest BCUT2D eigenvalue weighted by atomic mass is 10.2. The van der Waals surface area contributed by atoms with Crippen molar-refractivity contribution in [2.75, 3.05) is 32.9 Å². The van der Waals surface area contributed by atoms with E-state index in [9.17, 15) is 5.11 Å². The van der Waals surface area contributed by atoms with Gasteiger partial charge in [0.2, 0.25) is 0 Å². The van der Waals surface area contributed by atoms with Crippen molar-refractivity contribution >= 4 is 11.6 Å². The van der Waals surface area contributed by atoms with Crippen LogP contribution in [0, 0.1) is 5.92 Å². The molecule has 0 amide bonds. The van der Waals surface area contributed by atoms with Crippen molar-refractivity contribution in [3.8, 4) is 0 Å². The van der Waals surface area contributed by atoms with Gasteiger partial charge in [0.15, 0.2) is 0 Å². The summed E-state index contributed by atoms with van der Waals surface area (Å²) in [5, 5.41) is 13.6. The second kappa shape index (κ2) is 11.0. The fourth-order valence-electron chi connectivity index (χ4n) is 1.68. The minimum absolute atomic E-state index is 0.308. The summed E-state index contributed by atoms with van der Waals surface area (Å²) in [6.45, 7) is 7.70. The molecular weight excluding hydrogens is 290 g/mol. The van der Waals surface area contributed by atoms with Crippen LogP contribution in [0.25, 0.3) is 0 Å². The molecule has 1 unspecified atom stereocenters. The Morgan fingerprint density at radius 1 is 1.14 bits per heavy atom. The Morgan fingerprint density at radius 3 is 2.52 bits per heavy atom. The van der Waals surface area contributed by atoms with E-state index in [-0.39, 0.29) is 0 Å². The summed E-state index contributed by atoms with van der Waals surface area (Å²) in [5.74, 6) is 0.553. The molecule has 0 fully saturated rings. The Morgan fingerprint density at radius 2 is 1.86 bits per heavy atom. The van der Waals surface area contributed by atoms with Gasteiger partial charge < -0.3 is 19.9 Å². The Hall–Kier alpha value is -0.650. The monoisotopic (exact) mass is 315 g/mol. The number of hydrogen-bond acceptors (Lipinski definition) is 4. The average Bonchev–Trinajstić information content (AvgIpc) is 2.44. The largest absolute Gasteiger partial charge is 0.389 e. The number of benzene rings is 1. The first-order chi connectivity index (χ1) is 10.1. The van der Waals surface area contributed by atoms with Crippen molar-refractivity contribution in [2.45, 2.75) is 26.6 Å². The van der Waals surface area contributed by atoms with E-state index >= 15 is 0 Å². The van der Waals surface area contributed by atoms with Gasteiger partial charge in [0.25, 0.3) is 0 Å². The lowest BCUT2D eigenvalue weighted by Gasteiger charge is -2.13. The quantitative estimate of drug-likeness (QED) is 0.616. The molecule has 0 saturated heterocycles. The van der Waals surface area contributed by atoms with Gasteiger partial charge in [-0.1, -0.05) is 37.6 Å². The molecule has 0 saturated carbocycles. The Bertz CT molecular complexity index is 370. The predicted octanol–water partition coefficient (Wildman–Crippen LogP) is 2.48. The van der Waals surface area contributed by atoms with Crippen LogP contribution in [0.3, 0.4) is 0 Å². The standard InChI is InChI=1S/C16H26ClNO3/c1-13(2)10-20-8-7-18-9-16(19)12-21-11-14-3-5-15(17)6-4-14/h3-6,13,16,18-19H,7-12H2,1-2H3. The van der Waals surface area contributed by atoms with E-state index in [1.165, 1.54) is 0 Å². The highest BCUT2D eigenvalue weighted by Gasteiger charge is 2.04. The summed E-state index contributed by atoms with van der Waals surface area (Å²) in [5.41, 5.74) is 1.04. The number of aliphatic hydroxyl groups excluding tert-OH is 1. The summed E-state index contributed by atoms with van der Waals surface area (Å²) < 4.78 is 10.9. The normalized spacial score (nSPS) is 12.8. The minimum Gasteiger partial charge on any atom is -0.389 e. The van der Waals surface area contributed by atoms with Gasteiger partial charge in [0, 0.05) is 24.7 Å².